The molecule has 0 bridgehead atoms. The van der Waals surface area contributed by atoms with E-state index in [1.54, 1.807) is 33.3 Å². The summed E-state index contributed by atoms with van der Waals surface area (Å²) in [6.07, 6.45) is -7.26. The second-order valence-corrected chi connectivity index (χ2v) is 16.3. The Bertz CT molecular complexity index is 1900. The van der Waals surface area contributed by atoms with Gasteiger partial charge in [-0.05, 0) is 87.4 Å². The van der Waals surface area contributed by atoms with Crippen LogP contribution in [0, 0.1) is 44.9 Å². The smallest absolute Gasteiger partial charge is 0.659 e. The zero-order valence-corrected chi connectivity index (χ0v) is 43.4. The number of aryl methyl sites for hydroxylation is 2. The van der Waals surface area contributed by atoms with Gasteiger partial charge in [-0.25, -0.2) is 0 Å². The van der Waals surface area contributed by atoms with Crippen molar-refractivity contribution in [3.05, 3.63) is 160 Å². The topological polar surface area (TPSA) is 190 Å². The summed E-state index contributed by atoms with van der Waals surface area (Å²) >= 11 is 0. The average molecular weight is 1140 g/mol. The first-order chi connectivity index (χ1) is 28.9. The Balaban J connectivity index is -0.000000420. The fourth-order valence-electron chi connectivity index (χ4n) is 7.57. The zero-order chi connectivity index (χ0) is 47.6. The summed E-state index contributed by atoms with van der Waals surface area (Å²) < 4.78 is 109. The van der Waals surface area contributed by atoms with Crippen LogP contribution in [0.1, 0.15) is 117 Å². The summed E-state index contributed by atoms with van der Waals surface area (Å²) in [5.41, 5.74) is 3.99. The first-order valence-electron chi connectivity index (χ1n) is 20.6. The van der Waals surface area contributed by atoms with E-state index in [1.165, 1.54) is 24.6 Å². The molecule has 1 saturated carbocycles. The van der Waals surface area contributed by atoms with Crippen LogP contribution in [0.15, 0.2) is 97.1 Å². The minimum atomic E-state index is -4.67. The van der Waals surface area contributed by atoms with Crippen molar-refractivity contribution in [2.24, 2.45) is 23.7 Å². The molecule has 0 amide bonds. The Kier molecular flexibility index (Phi) is 34.1. The molecule has 66 heavy (non-hydrogen) atoms. The molecule has 5 rings (SSSR count). The number of nitrogens with zero attached hydrogens (tertiary/aromatic N) is 2. The van der Waals surface area contributed by atoms with Crippen LogP contribution in [0.4, 0.5) is 26.3 Å². The molecular formula is C48H73F6IrN4O6S. The van der Waals surface area contributed by atoms with Crippen molar-refractivity contribution in [3.8, 4) is 0 Å². The number of hydrogen-bond acceptors (Lipinski definition) is 4. The number of rotatable bonds is 10. The molecule has 0 aromatic heterocycles. The van der Waals surface area contributed by atoms with E-state index in [-0.39, 0.29) is 56.6 Å². The van der Waals surface area contributed by atoms with Gasteiger partial charge in [-0.1, -0.05) is 143 Å². The van der Waals surface area contributed by atoms with Crippen molar-refractivity contribution in [1.29, 1.82) is 0 Å². The van der Waals surface area contributed by atoms with Crippen molar-refractivity contribution < 1.29 is 74.9 Å². The average Bonchev–Trinajstić information content (AvgIpc) is 3.43. The molecular weight excluding hydrogens is 1070 g/mol. The van der Waals surface area contributed by atoms with Gasteiger partial charge in [0.15, 0.2) is 0 Å². The van der Waals surface area contributed by atoms with Crippen molar-refractivity contribution in [1.82, 2.24) is 10.6 Å². The van der Waals surface area contributed by atoms with Crippen molar-refractivity contribution in [3.63, 3.8) is 0 Å². The second kappa shape index (κ2) is 32.5. The largest absolute Gasteiger partial charge is 3.00 e. The molecule has 10 nitrogen and oxygen atoms in total. The van der Waals surface area contributed by atoms with E-state index >= 15 is 0 Å². The maximum Gasteiger partial charge on any atom is 3.00 e. The van der Waals surface area contributed by atoms with Gasteiger partial charge in [-0.15, -0.1) is 12.1 Å². The quantitative estimate of drug-likeness (QED) is 0.0694. The SMILES string of the molecule is CC.CC1CC(C)C(C)C1C.CN[C@H](c1cccc(C)c1)[C@H](NC)c1cccc(C(F)(F)F)c1.C[N-][C@H](c1cccc(C)c1)[C@H]([N-]C)c1cccc(C(F)(F)F)c1.O.O.O=S(=O)(O)O.[CH3-].[Ir+3]. The van der Waals surface area contributed by atoms with E-state index in [2.05, 4.69) is 49.0 Å². The molecule has 0 heterocycles. The summed E-state index contributed by atoms with van der Waals surface area (Å²) in [7, 11) is 2.17. The summed E-state index contributed by atoms with van der Waals surface area (Å²) in [5, 5.41) is 15.0. The molecule has 1 fully saturated rings. The van der Waals surface area contributed by atoms with Crippen LogP contribution in [0.5, 0.6) is 0 Å². The first kappa shape index (κ1) is 69.3. The normalized spacial score (nSPS) is 18.2. The van der Waals surface area contributed by atoms with E-state index in [1.807, 2.05) is 83.3 Å². The molecule has 4 aromatic rings. The fraction of sp³-hybridized carbons (Fsp3) is 0.479. The molecule has 0 saturated heterocycles. The Hall–Kier alpha value is -3.26. The maximum atomic E-state index is 13.0. The van der Waals surface area contributed by atoms with Gasteiger partial charge in [0, 0.05) is 0 Å². The Morgan fingerprint density at radius 3 is 1.14 bits per heavy atom. The monoisotopic (exact) mass is 1140 g/mol. The minimum absolute atomic E-state index is 0. The van der Waals surface area contributed by atoms with Crippen LogP contribution in [0.2, 0.25) is 0 Å². The van der Waals surface area contributed by atoms with Gasteiger partial charge in [0.25, 0.3) is 0 Å². The van der Waals surface area contributed by atoms with Crippen LogP contribution in [0.3, 0.4) is 0 Å². The van der Waals surface area contributed by atoms with E-state index < -0.39 is 39.9 Å². The molecule has 18 heteroatoms. The number of nitrogens with one attached hydrogen (secondary N) is 2. The molecule has 0 aliphatic heterocycles. The number of likely N-dealkylation sites (N-methyl/N-ethyl adjacent to an activating group) is 4. The van der Waals surface area contributed by atoms with Crippen molar-refractivity contribution >= 4 is 10.4 Å². The van der Waals surface area contributed by atoms with E-state index in [9.17, 15) is 26.3 Å². The molecule has 1 aliphatic carbocycles. The minimum Gasteiger partial charge on any atom is -0.659 e. The van der Waals surface area contributed by atoms with Gasteiger partial charge in [0.05, 0.1) is 23.2 Å². The van der Waals surface area contributed by atoms with Crippen molar-refractivity contribution in [2.45, 2.75) is 98.3 Å². The van der Waals surface area contributed by atoms with Crippen LogP contribution in [-0.4, -0.2) is 56.7 Å². The Labute approximate surface area is 404 Å². The Morgan fingerprint density at radius 1 is 0.591 bits per heavy atom. The van der Waals surface area contributed by atoms with Crippen LogP contribution in [0.25, 0.3) is 10.6 Å². The first-order valence-corrected chi connectivity index (χ1v) is 22.0. The zero-order valence-electron chi connectivity index (χ0n) is 40.2. The third-order valence-corrected chi connectivity index (χ3v) is 11.1. The predicted octanol–water partition coefficient (Wildman–Crippen LogP) is 12.1. The molecule has 0 spiro atoms. The van der Waals surface area contributed by atoms with Crippen LogP contribution < -0.4 is 10.6 Å². The van der Waals surface area contributed by atoms with Gasteiger partial charge in [-0.3, -0.25) is 9.11 Å². The number of alkyl halides is 6. The van der Waals surface area contributed by atoms with Crippen LogP contribution >= 0.6 is 0 Å². The molecule has 4 unspecified atom stereocenters. The third kappa shape index (κ3) is 23.2. The number of hydrogen-bond donors (Lipinski definition) is 4. The number of halogens is 6. The van der Waals surface area contributed by atoms with Gasteiger partial charge in [0.1, 0.15) is 0 Å². The van der Waals surface area contributed by atoms with Gasteiger partial charge < -0.3 is 39.6 Å². The summed E-state index contributed by atoms with van der Waals surface area (Å²) in [6.45, 7) is 17.5. The van der Waals surface area contributed by atoms with E-state index in [0.29, 0.717) is 11.1 Å². The maximum absolute atomic E-state index is 13.0. The molecule has 0 radical (unpaired) electrons. The molecule has 4 aromatic carbocycles. The van der Waals surface area contributed by atoms with Crippen molar-refractivity contribution in [2.75, 3.05) is 28.2 Å². The van der Waals surface area contributed by atoms with Gasteiger partial charge in [-0.2, -0.15) is 48.9 Å². The molecule has 1 aliphatic rings. The molecule has 378 valence electrons. The second-order valence-electron chi connectivity index (χ2n) is 15.4. The van der Waals surface area contributed by atoms with Crippen LogP contribution in [-0.2, 0) is 42.9 Å². The molecule has 8 N–H and O–H groups in total. The summed E-state index contributed by atoms with van der Waals surface area (Å²) in [4.78, 5) is 0. The predicted molar refractivity (Wildman–Crippen MR) is 253 cm³/mol. The molecule has 8 atom stereocenters. The summed E-state index contributed by atoms with van der Waals surface area (Å²) in [6, 6.07) is 25.4. The van der Waals surface area contributed by atoms with Gasteiger partial charge >= 0.3 is 42.9 Å². The number of benzene rings is 4. The third-order valence-electron chi connectivity index (χ3n) is 11.1. The van der Waals surface area contributed by atoms with Gasteiger partial charge in [0.2, 0.25) is 0 Å². The van der Waals surface area contributed by atoms with E-state index in [4.69, 9.17) is 17.5 Å². The Morgan fingerprint density at radius 2 is 0.864 bits per heavy atom. The fourth-order valence-corrected chi connectivity index (χ4v) is 7.57. The summed E-state index contributed by atoms with van der Waals surface area (Å²) in [5.74, 6) is 3.85. The standard InChI is InChI=1S/C18H21F3N2.C18H19F3N2.C9H18.C2H6.CH3.Ir.H2O4S.2H2O/c2*1-12-6-4-7-13(10-12)16(22-2)17(23-3)14-8-5-9-15(11-14)18(19,20)21;1-6-5-7(2)9(4)8(6)3;1-2;;;1-5(2,3)4;;/h4-11,16-17,22-23H,1-3H3;4-11,16-17H,1-3H3;6-9H,5H2,1-4H3;1-2H3;1H3;;(H2,1,2,3,4);2*1H2/q;-2;;;-1;+3;;;/t2*16-,17-;;;;;;;/m11......./s1. The van der Waals surface area contributed by atoms with E-state index in [0.717, 1.165) is 64.1 Å².